The minimum Gasteiger partial charge on any atom is -0.264 e. The van der Waals surface area contributed by atoms with E-state index in [0.29, 0.717) is 12.4 Å². The monoisotopic (exact) mass is 387 g/mol. The Morgan fingerprint density at radius 3 is 2.25 bits per heavy atom. The molecule has 0 amide bonds. The predicted octanol–water partition coefficient (Wildman–Crippen LogP) is 2.72. The van der Waals surface area contributed by atoms with Gasteiger partial charge >= 0.3 is 0 Å². The van der Waals surface area contributed by atoms with Gasteiger partial charge < -0.3 is 0 Å². The molecule has 0 spiro atoms. The molecule has 2 rings (SSSR count). The molecule has 0 N–H and O–H groups in total. The smallest absolute Gasteiger partial charge is 0.264 e. The van der Waals surface area contributed by atoms with Crippen LogP contribution in [0.5, 0.6) is 0 Å². The number of sulfonamides is 1. The van der Waals surface area contributed by atoms with Crippen LogP contribution in [-0.4, -0.2) is 43.3 Å². The summed E-state index contributed by atoms with van der Waals surface area (Å²) < 4.78 is 28.9. The highest BCUT2D eigenvalue weighted by Crippen LogP contribution is 2.43. The van der Waals surface area contributed by atoms with Gasteiger partial charge in [0.2, 0.25) is 0 Å². The van der Waals surface area contributed by atoms with Crippen molar-refractivity contribution in [3.63, 3.8) is 0 Å². The molecule has 7 nitrogen and oxygen atoms in total. The second kappa shape index (κ2) is 8.43. The van der Waals surface area contributed by atoms with Crippen LogP contribution in [-0.2, 0) is 16.6 Å². The zero-order chi connectivity index (χ0) is 17.7. The summed E-state index contributed by atoms with van der Waals surface area (Å²) in [7, 11) is -3.15. The number of rotatable bonds is 8. The van der Waals surface area contributed by atoms with Crippen molar-refractivity contribution >= 4 is 27.5 Å². The summed E-state index contributed by atoms with van der Waals surface area (Å²) in [6, 6.07) is 3.28. The number of nitrogens with zero attached hydrogens (tertiary/aromatic N) is 5. The maximum atomic E-state index is 12.9. The summed E-state index contributed by atoms with van der Waals surface area (Å²) in [4.78, 5) is 8.26. The standard InChI is InChI=1S/C14H23N5O2P2S/c1-11(2)22-19(23-12(3)4)24(20,21)14-6-9-18(17-14)10-13-15-7-5-8-16-13/h5-9,11-12,22-23H,10H2,1-4H3. The molecule has 10 heteroatoms. The van der Waals surface area contributed by atoms with Crippen LogP contribution in [0.3, 0.4) is 0 Å². The Morgan fingerprint density at radius 1 is 1.12 bits per heavy atom. The van der Waals surface area contributed by atoms with Crippen LogP contribution >= 0.6 is 17.5 Å². The summed E-state index contributed by atoms with van der Waals surface area (Å²) >= 11 is 0. The van der Waals surface area contributed by atoms with E-state index in [1.54, 1.807) is 39.3 Å². The Kier molecular flexibility index (Phi) is 6.81. The molecule has 0 fully saturated rings. The molecule has 0 aliphatic rings. The van der Waals surface area contributed by atoms with Crippen molar-refractivity contribution in [2.45, 2.75) is 50.6 Å². The Morgan fingerprint density at radius 2 is 1.71 bits per heavy atom. The van der Waals surface area contributed by atoms with Gasteiger partial charge in [-0.1, -0.05) is 27.7 Å². The van der Waals surface area contributed by atoms with Gasteiger partial charge in [0.1, 0.15) is 12.4 Å². The van der Waals surface area contributed by atoms with E-state index in [4.69, 9.17) is 0 Å². The second-order valence-corrected chi connectivity index (χ2v) is 12.4. The summed E-state index contributed by atoms with van der Waals surface area (Å²) in [6.07, 6.45) is 4.95. The quantitative estimate of drug-likeness (QED) is 0.651. The molecule has 132 valence electrons. The van der Waals surface area contributed by atoms with Crippen LogP contribution in [0, 0.1) is 0 Å². The topological polar surface area (TPSA) is 81.0 Å². The third kappa shape index (κ3) is 5.28. The van der Waals surface area contributed by atoms with E-state index in [9.17, 15) is 8.42 Å². The fourth-order valence-corrected chi connectivity index (χ4v) is 8.21. The average molecular weight is 387 g/mol. The molecule has 0 saturated heterocycles. The van der Waals surface area contributed by atoms with Gasteiger partial charge in [-0.3, -0.25) is 4.68 Å². The van der Waals surface area contributed by atoms with E-state index >= 15 is 0 Å². The van der Waals surface area contributed by atoms with Gasteiger partial charge in [-0.05, 0) is 40.9 Å². The predicted molar refractivity (Wildman–Crippen MR) is 99.3 cm³/mol. The molecular formula is C14H23N5O2P2S. The molecule has 0 aliphatic carbocycles. The lowest BCUT2D eigenvalue weighted by atomic mass is 10.5. The first-order valence-electron chi connectivity index (χ1n) is 7.66. The van der Waals surface area contributed by atoms with Crippen LogP contribution in [0.2, 0.25) is 0 Å². The van der Waals surface area contributed by atoms with Gasteiger partial charge in [0.15, 0.2) is 5.03 Å². The zero-order valence-corrected chi connectivity index (χ0v) is 17.0. The van der Waals surface area contributed by atoms with Crippen molar-refractivity contribution < 1.29 is 8.42 Å². The van der Waals surface area contributed by atoms with E-state index in [1.165, 1.54) is 0 Å². The van der Waals surface area contributed by atoms with Crippen LogP contribution < -0.4 is 0 Å². The van der Waals surface area contributed by atoms with Gasteiger partial charge in [-0.15, -0.1) is 0 Å². The van der Waals surface area contributed by atoms with E-state index in [0.717, 1.165) is 0 Å². The van der Waals surface area contributed by atoms with Gasteiger partial charge in [-0.2, -0.15) is 8.94 Å². The molecule has 0 bridgehead atoms. The average Bonchev–Trinajstić information content (AvgIpc) is 2.96. The molecule has 24 heavy (non-hydrogen) atoms. The molecule has 0 saturated carbocycles. The highest BCUT2D eigenvalue weighted by atomic mass is 32.2. The first kappa shape index (κ1) is 19.4. The molecule has 2 heterocycles. The molecule has 2 aromatic heterocycles. The van der Waals surface area contributed by atoms with Gasteiger partial charge in [0.25, 0.3) is 10.0 Å². The summed E-state index contributed by atoms with van der Waals surface area (Å²) in [5, 5.41) is 4.31. The largest absolute Gasteiger partial charge is 0.268 e. The molecule has 2 aromatic rings. The Bertz CT molecular complexity index is 740. The Hall–Kier alpha value is -0.940. The highest BCUT2D eigenvalue weighted by Gasteiger charge is 2.28. The van der Waals surface area contributed by atoms with Crippen molar-refractivity contribution in [1.82, 2.24) is 23.6 Å². The lowest BCUT2D eigenvalue weighted by Crippen LogP contribution is -2.20. The molecule has 0 aromatic carbocycles. The van der Waals surface area contributed by atoms with Crippen LogP contribution in [0.1, 0.15) is 33.5 Å². The SMILES string of the molecule is CC(C)PN(PC(C)C)S(=O)(=O)c1ccn(Cc2ncccn2)n1. The van der Waals surface area contributed by atoms with E-state index in [1.807, 2.05) is 27.7 Å². The zero-order valence-electron chi connectivity index (χ0n) is 14.2. The number of hydrogen-bond acceptors (Lipinski definition) is 5. The van der Waals surface area contributed by atoms with E-state index < -0.39 is 10.0 Å². The summed E-state index contributed by atoms with van der Waals surface area (Å²) in [5.74, 6) is 0.592. The summed E-state index contributed by atoms with van der Waals surface area (Å²) in [5.41, 5.74) is 0.566. The lowest BCUT2D eigenvalue weighted by molar-refractivity contribution is 0.567. The van der Waals surface area contributed by atoms with Crippen LogP contribution in [0.25, 0.3) is 0 Å². The first-order valence-corrected chi connectivity index (χ1v) is 11.1. The second-order valence-electron chi connectivity index (χ2n) is 5.85. The third-order valence-electron chi connectivity index (χ3n) is 2.79. The minimum absolute atomic E-state index is 0.0831. The summed E-state index contributed by atoms with van der Waals surface area (Å²) in [6.45, 7) is 8.44. The lowest BCUT2D eigenvalue weighted by Gasteiger charge is -2.24. The van der Waals surface area contributed by atoms with Crippen LogP contribution in [0.15, 0.2) is 35.7 Å². The number of aromatic nitrogens is 4. The maximum absolute atomic E-state index is 12.9. The fraction of sp³-hybridized carbons (Fsp3) is 0.500. The first-order chi connectivity index (χ1) is 11.3. The van der Waals surface area contributed by atoms with Gasteiger partial charge in [0.05, 0.1) is 0 Å². The minimum atomic E-state index is -3.58. The van der Waals surface area contributed by atoms with E-state index in [2.05, 4.69) is 15.1 Å². The van der Waals surface area contributed by atoms with Crippen molar-refractivity contribution in [2.24, 2.45) is 0 Å². The van der Waals surface area contributed by atoms with Crippen molar-refractivity contribution in [2.75, 3.05) is 0 Å². The molecular weight excluding hydrogens is 364 g/mol. The Labute approximate surface area is 147 Å². The van der Waals surface area contributed by atoms with Crippen molar-refractivity contribution in [3.05, 3.63) is 36.5 Å². The fourth-order valence-electron chi connectivity index (χ4n) is 1.86. The van der Waals surface area contributed by atoms with Gasteiger partial charge in [0, 0.05) is 18.6 Å². The van der Waals surface area contributed by atoms with E-state index in [-0.39, 0.29) is 33.8 Å². The normalized spacial score (nSPS) is 13.5. The number of hydrogen-bond donors (Lipinski definition) is 0. The molecule has 0 aliphatic heterocycles. The molecule has 2 unspecified atom stereocenters. The highest BCUT2D eigenvalue weighted by molar-refractivity contribution is 7.97. The van der Waals surface area contributed by atoms with Gasteiger partial charge in [-0.25, -0.2) is 18.4 Å². The molecule has 0 radical (unpaired) electrons. The van der Waals surface area contributed by atoms with Crippen molar-refractivity contribution in [1.29, 1.82) is 0 Å². The molecule has 2 atom stereocenters. The van der Waals surface area contributed by atoms with Crippen LogP contribution in [0.4, 0.5) is 0 Å². The third-order valence-corrected chi connectivity index (χ3v) is 8.37. The Balaban J connectivity index is 2.21. The van der Waals surface area contributed by atoms with Crippen molar-refractivity contribution in [3.8, 4) is 0 Å². The maximum Gasteiger partial charge on any atom is 0.268 e.